The number of aromatic nitrogens is 2. The maximum Gasteiger partial charge on any atom is 0.253 e. The van der Waals surface area contributed by atoms with Crippen molar-refractivity contribution < 1.29 is 19.4 Å². The van der Waals surface area contributed by atoms with Gasteiger partial charge in [0.15, 0.2) is 11.5 Å². The number of nitrogens with two attached hydrogens (primary N) is 1. The van der Waals surface area contributed by atoms with Gasteiger partial charge in [-0.3, -0.25) is 4.79 Å². The summed E-state index contributed by atoms with van der Waals surface area (Å²) in [5.74, 6) is 1.89. The van der Waals surface area contributed by atoms with Gasteiger partial charge in [0, 0.05) is 36.5 Å². The van der Waals surface area contributed by atoms with Crippen molar-refractivity contribution in [3.8, 4) is 11.5 Å². The molecule has 3 aromatic rings. The number of piperidine rings is 1. The minimum Gasteiger partial charge on any atom is -0.493 e. The molecule has 0 saturated carbocycles. The molecular formula is C27H35N5O4. The minimum atomic E-state index is -1.37. The molecular weight excluding hydrogens is 458 g/mol. The smallest absolute Gasteiger partial charge is 0.253 e. The predicted molar refractivity (Wildman–Crippen MR) is 139 cm³/mol. The number of nitrogens with one attached hydrogen (secondary N) is 1. The molecule has 1 aliphatic rings. The maximum absolute atomic E-state index is 12.6. The van der Waals surface area contributed by atoms with Crippen molar-refractivity contribution in [1.29, 1.82) is 0 Å². The molecule has 0 bridgehead atoms. The standard InChI is InChI=1S/C27H35N5O4/c1-26(2,34)25(33)32-12-10-27(11-13-32,18-8-6-5-7-9-18)17-29-16-23-30-20-15-22(36-4)21(35-3)14-19(20)24(28)31-23/h5-9,14-15,29,34H,10-13,16-17H2,1-4H3,(H2,28,30,31). The number of anilines is 1. The van der Waals surface area contributed by atoms with Gasteiger partial charge in [-0.05, 0) is 38.3 Å². The second-order valence-electron chi connectivity index (χ2n) is 9.85. The summed E-state index contributed by atoms with van der Waals surface area (Å²) in [5, 5.41) is 14.4. The summed E-state index contributed by atoms with van der Waals surface area (Å²) in [6.07, 6.45) is 1.56. The zero-order valence-electron chi connectivity index (χ0n) is 21.4. The van der Waals surface area contributed by atoms with Crippen molar-refractivity contribution in [3.63, 3.8) is 0 Å². The summed E-state index contributed by atoms with van der Waals surface area (Å²) in [7, 11) is 3.16. The molecule has 192 valence electrons. The van der Waals surface area contributed by atoms with E-state index in [1.165, 1.54) is 19.4 Å². The Hall–Kier alpha value is -3.43. The molecule has 36 heavy (non-hydrogen) atoms. The number of nitrogens with zero attached hydrogens (tertiary/aromatic N) is 3. The largest absolute Gasteiger partial charge is 0.493 e. The minimum absolute atomic E-state index is 0.156. The average Bonchev–Trinajstić information content (AvgIpc) is 2.88. The molecule has 0 unspecified atom stereocenters. The van der Waals surface area contributed by atoms with Gasteiger partial charge in [-0.1, -0.05) is 30.3 Å². The van der Waals surface area contributed by atoms with E-state index in [4.69, 9.17) is 20.2 Å². The molecule has 2 heterocycles. The number of likely N-dealkylation sites (tertiary alicyclic amines) is 1. The summed E-state index contributed by atoms with van der Waals surface area (Å²) in [6, 6.07) is 14.0. The summed E-state index contributed by atoms with van der Waals surface area (Å²) >= 11 is 0. The van der Waals surface area contributed by atoms with E-state index in [9.17, 15) is 9.90 Å². The number of hydrogen-bond donors (Lipinski definition) is 3. The van der Waals surface area contributed by atoms with Crippen LogP contribution < -0.4 is 20.5 Å². The third-order valence-electron chi connectivity index (χ3n) is 6.94. The molecule has 1 amide bonds. The number of carbonyl (C=O) groups excluding carboxylic acids is 1. The Morgan fingerprint density at radius 1 is 1.11 bits per heavy atom. The van der Waals surface area contributed by atoms with E-state index in [0.717, 1.165) is 12.8 Å². The van der Waals surface area contributed by atoms with Crippen LogP contribution in [0.4, 0.5) is 5.82 Å². The van der Waals surface area contributed by atoms with E-state index in [1.54, 1.807) is 31.3 Å². The highest BCUT2D eigenvalue weighted by Crippen LogP contribution is 2.36. The van der Waals surface area contributed by atoms with E-state index < -0.39 is 5.60 Å². The third kappa shape index (κ3) is 5.22. The number of nitrogen functional groups attached to an aromatic ring is 1. The second kappa shape index (κ2) is 10.3. The zero-order chi connectivity index (χ0) is 25.9. The highest BCUT2D eigenvalue weighted by molar-refractivity contribution is 5.90. The molecule has 0 radical (unpaired) electrons. The SMILES string of the molecule is COc1cc2nc(CNCC3(c4ccccc4)CCN(C(=O)C(C)(C)O)CC3)nc(N)c2cc1OC. The van der Waals surface area contributed by atoms with Crippen LogP contribution in [0.5, 0.6) is 11.5 Å². The molecule has 4 rings (SSSR count). The van der Waals surface area contributed by atoms with Gasteiger partial charge in [0.25, 0.3) is 5.91 Å². The Morgan fingerprint density at radius 3 is 2.36 bits per heavy atom. The Balaban J connectivity index is 1.52. The van der Waals surface area contributed by atoms with Gasteiger partial charge >= 0.3 is 0 Å². The van der Waals surface area contributed by atoms with Crippen LogP contribution in [-0.4, -0.2) is 65.3 Å². The quantitative estimate of drug-likeness (QED) is 0.438. The molecule has 9 heteroatoms. The predicted octanol–water partition coefficient (Wildman–Crippen LogP) is 2.65. The Morgan fingerprint density at radius 2 is 1.75 bits per heavy atom. The number of hydrogen-bond acceptors (Lipinski definition) is 8. The lowest BCUT2D eigenvalue weighted by Crippen LogP contribution is -2.53. The monoisotopic (exact) mass is 493 g/mol. The fourth-order valence-electron chi connectivity index (χ4n) is 4.91. The first-order valence-electron chi connectivity index (χ1n) is 12.1. The van der Waals surface area contributed by atoms with Crippen LogP contribution in [0.3, 0.4) is 0 Å². The van der Waals surface area contributed by atoms with Crippen molar-refractivity contribution in [3.05, 3.63) is 53.9 Å². The van der Waals surface area contributed by atoms with Gasteiger partial charge in [0.05, 0.1) is 26.3 Å². The average molecular weight is 494 g/mol. The van der Waals surface area contributed by atoms with Gasteiger partial charge in [-0.2, -0.15) is 0 Å². The summed E-state index contributed by atoms with van der Waals surface area (Å²) < 4.78 is 10.8. The van der Waals surface area contributed by atoms with E-state index in [0.29, 0.717) is 60.2 Å². The van der Waals surface area contributed by atoms with Crippen molar-refractivity contribution in [2.45, 2.75) is 44.2 Å². The van der Waals surface area contributed by atoms with E-state index in [1.807, 2.05) is 18.2 Å². The number of amides is 1. The molecule has 0 aliphatic carbocycles. The molecule has 2 aromatic carbocycles. The highest BCUT2D eigenvalue weighted by Gasteiger charge is 2.39. The van der Waals surface area contributed by atoms with E-state index in [-0.39, 0.29) is 11.3 Å². The Labute approximate surface area is 211 Å². The van der Waals surface area contributed by atoms with Crippen LogP contribution in [0.25, 0.3) is 10.9 Å². The maximum atomic E-state index is 12.6. The molecule has 1 aromatic heterocycles. The molecule has 4 N–H and O–H groups in total. The van der Waals surface area contributed by atoms with Crippen LogP contribution >= 0.6 is 0 Å². The lowest BCUT2D eigenvalue weighted by Gasteiger charge is -2.43. The highest BCUT2D eigenvalue weighted by atomic mass is 16.5. The molecule has 1 saturated heterocycles. The lowest BCUT2D eigenvalue weighted by molar-refractivity contribution is -0.149. The van der Waals surface area contributed by atoms with Crippen molar-refractivity contribution >= 4 is 22.6 Å². The number of ether oxygens (including phenoxy) is 2. The van der Waals surface area contributed by atoms with Crippen LogP contribution in [-0.2, 0) is 16.8 Å². The summed E-state index contributed by atoms with van der Waals surface area (Å²) in [5.41, 5.74) is 6.64. The first-order chi connectivity index (χ1) is 17.2. The zero-order valence-corrected chi connectivity index (χ0v) is 21.4. The Bertz CT molecular complexity index is 1220. The number of fused-ring (bicyclic) bond motifs is 1. The van der Waals surface area contributed by atoms with Crippen molar-refractivity contribution in [2.75, 3.05) is 39.6 Å². The molecule has 0 spiro atoms. The lowest BCUT2D eigenvalue weighted by atomic mass is 9.72. The number of aliphatic hydroxyl groups is 1. The fourth-order valence-corrected chi connectivity index (χ4v) is 4.91. The first-order valence-corrected chi connectivity index (χ1v) is 12.1. The van der Waals surface area contributed by atoms with Crippen LogP contribution in [0.1, 0.15) is 38.1 Å². The van der Waals surface area contributed by atoms with E-state index >= 15 is 0 Å². The van der Waals surface area contributed by atoms with Gasteiger partial charge in [-0.15, -0.1) is 0 Å². The first kappa shape index (κ1) is 25.7. The topological polar surface area (TPSA) is 123 Å². The number of rotatable bonds is 8. The van der Waals surface area contributed by atoms with Gasteiger partial charge in [0.2, 0.25) is 0 Å². The van der Waals surface area contributed by atoms with Crippen LogP contribution in [0, 0.1) is 0 Å². The second-order valence-corrected chi connectivity index (χ2v) is 9.85. The van der Waals surface area contributed by atoms with Gasteiger partial charge in [0.1, 0.15) is 17.2 Å². The van der Waals surface area contributed by atoms with Gasteiger partial charge in [-0.25, -0.2) is 9.97 Å². The fraction of sp³-hybridized carbons (Fsp3) is 0.444. The summed E-state index contributed by atoms with van der Waals surface area (Å²) in [4.78, 5) is 23.6. The van der Waals surface area contributed by atoms with E-state index in [2.05, 4.69) is 22.4 Å². The van der Waals surface area contributed by atoms with Crippen molar-refractivity contribution in [2.24, 2.45) is 0 Å². The number of carbonyl (C=O) groups is 1. The number of benzene rings is 2. The molecule has 0 atom stereocenters. The van der Waals surface area contributed by atoms with Gasteiger partial charge < -0.3 is 30.5 Å². The normalized spacial score (nSPS) is 15.6. The Kier molecular flexibility index (Phi) is 7.33. The van der Waals surface area contributed by atoms with Crippen molar-refractivity contribution in [1.82, 2.24) is 20.2 Å². The number of methoxy groups -OCH3 is 2. The summed E-state index contributed by atoms with van der Waals surface area (Å²) in [6.45, 7) is 5.37. The van der Waals surface area contributed by atoms with Crippen LogP contribution in [0.2, 0.25) is 0 Å². The third-order valence-corrected chi connectivity index (χ3v) is 6.94. The molecule has 9 nitrogen and oxygen atoms in total. The van der Waals surface area contributed by atoms with Crippen LogP contribution in [0.15, 0.2) is 42.5 Å². The molecule has 1 fully saturated rings. The molecule has 1 aliphatic heterocycles.